The molecule has 3 aromatic rings. The van der Waals surface area contributed by atoms with Crippen molar-refractivity contribution in [2.24, 2.45) is 0 Å². The molecule has 1 amide bonds. The maximum absolute atomic E-state index is 9.26. The van der Waals surface area contributed by atoms with Crippen LogP contribution in [0.4, 0.5) is 4.79 Å². The number of pyridine rings is 1. The molecule has 1 atom stereocenters. The van der Waals surface area contributed by atoms with Crippen molar-refractivity contribution in [2.75, 3.05) is 13.7 Å². The van der Waals surface area contributed by atoms with Gasteiger partial charge in [0.05, 0.1) is 0 Å². The highest BCUT2D eigenvalue weighted by molar-refractivity contribution is 5.63. The zero-order chi connectivity index (χ0) is 20.9. The Morgan fingerprint density at radius 1 is 0.966 bits per heavy atom. The van der Waals surface area contributed by atoms with Crippen LogP contribution < -0.4 is 19.5 Å². The van der Waals surface area contributed by atoms with Crippen LogP contribution in [-0.2, 0) is 0 Å². The largest absolute Gasteiger partial charge is 0.490 e. The number of nitrogens with zero attached hydrogens (tertiary/aromatic N) is 1. The summed E-state index contributed by atoms with van der Waals surface area (Å²) in [4.78, 5) is 13.4. The lowest BCUT2D eigenvalue weighted by atomic mass is 10.3. The van der Waals surface area contributed by atoms with Crippen LogP contribution in [0.3, 0.4) is 0 Å². The summed E-state index contributed by atoms with van der Waals surface area (Å²) >= 11 is 0. The fourth-order valence-corrected chi connectivity index (χ4v) is 2.10. The molecule has 0 fully saturated rings. The number of hydrogen-bond donors (Lipinski definition) is 2. The van der Waals surface area contributed by atoms with Gasteiger partial charge in [-0.25, -0.2) is 9.78 Å². The molecule has 2 N–H and O–H groups in total. The Hall–Kier alpha value is -3.74. The van der Waals surface area contributed by atoms with Crippen molar-refractivity contribution in [1.29, 1.82) is 0 Å². The molecule has 0 bridgehead atoms. The monoisotopic (exact) mass is 396 g/mol. The van der Waals surface area contributed by atoms with E-state index in [4.69, 9.17) is 19.3 Å². The summed E-state index contributed by atoms with van der Waals surface area (Å²) in [6.45, 7) is 2.39. The Morgan fingerprint density at radius 2 is 1.55 bits per heavy atom. The van der Waals surface area contributed by atoms with Crippen LogP contribution in [-0.4, -0.2) is 35.9 Å². The second-order valence-corrected chi connectivity index (χ2v) is 5.85. The van der Waals surface area contributed by atoms with Gasteiger partial charge < -0.3 is 24.6 Å². The van der Waals surface area contributed by atoms with Gasteiger partial charge in [-0.3, -0.25) is 0 Å². The van der Waals surface area contributed by atoms with E-state index in [1.54, 1.807) is 6.20 Å². The first-order valence-electron chi connectivity index (χ1n) is 9.01. The number of rotatable bonds is 7. The van der Waals surface area contributed by atoms with Crippen molar-refractivity contribution in [2.45, 2.75) is 13.0 Å². The highest BCUT2D eigenvalue weighted by Gasteiger charge is 2.06. The highest BCUT2D eigenvalue weighted by atomic mass is 16.5. The Bertz CT molecular complexity index is 842. The first-order chi connectivity index (χ1) is 14.1. The summed E-state index contributed by atoms with van der Waals surface area (Å²) in [6.07, 6.45) is 0.610. The summed E-state index contributed by atoms with van der Waals surface area (Å²) in [6, 6.07) is 22.8. The third-order valence-electron chi connectivity index (χ3n) is 3.46. The quantitative estimate of drug-likeness (QED) is 0.606. The van der Waals surface area contributed by atoms with Crippen molar-refractivity contribution in [1.82, 2.24) is 10.3 Å². The lowest BCUT2D eigenvalue weighted by molar-refractivity contribution is 0.138. The summed E-state index contributed by atoms with van der Waals surface area (Å²) in [5, 5.41) is 9.56. The molecule has 0 saturated heterocycles. The van der Waals surface area contributed by atoms with Gasteiger partial charge in [0.1, 0.15) is 30.0 Å². The predicted molar refractivity (Wildman–Crippen MR) is 110 cm³/mol. The van der Waals surface area contributed by atoms with Gasteiger partial charge in [-0.05, 0) is 49.4 Å². The van der Waals surface area contributed by atoms with Crippen molar-refractivity contribution in [3.63, 3.8) is 0 Å². The number of amides is 1. The van der Waals surface area contributed by atoms with E-state index in [1.165, 1.54) is 7.05 Å². The van der Waals surface area contributed by atoms with Gasteiger partial charge in [0, 0.05) is 19.3 Å². The highest BCUT2D eigenvalue weighted by Crippen LogP contribution is 2.23. The first-order valence-corrected chi connectivity index (χ1v) is 9.01. The van der Waals surface area contributed by atoms with E-state index in [0.29, 0.717) is 12.5 Å². The van der Waals surface area contributed by atoms with Crippen LogP contribution >= 0.6 is 0 Å². The van der Waals surface area contributed by atoms with Gasteiger partial charge in [-0.2, -0.15) is 0 Å². The van der Waals surface area contributed by atoms with Crippen molar-refractivity contribution in [3.05, 3.63) is 79.0 Å². The van der Waals surface area contributed by atoms with Crippen molar-refractivity contribution < 1.29 is 24.1 Å². The molecule has 1 unspecified atom stereocenters. The lowest BCUT2D eigenvalue weighted by Crippen LogP contribution is -2.21. The molecule has 2 aromatic carbocycles. The van der Waals surface area contributed by atoms with E-state index in [-0.39, 0.29) is 6.10 Å². The van der Waals surface area contributed by atoms with Gasteiger partial charge in [0.25, 0.3) is 0 Å². The molecule has 3 rings (SSSR count). The Balaban J connectivity index is 0.000000537. The maximum atomic E-state index is 9.26. The molecule has 0 aliphatic rings. The lowest BCUT2D eigenvalue weighted by Gasteiger charge is -2.15. The zero-order valence-corrected chi connectivity index (χ0v) is 16.3. The minimum Gasteiger partial charge on any atom is -0.490 e. The number of nitrogens with one attached hydrogen (secondary N) is 1. The molecule has 29 heavy (non-hydrogen) atoms. The van der Waals surface area contributed by atoms with Crippen LogP contribution in [0.25, 0.3) is 0 Å². The summed E-state index contributed by atoms with van der Waals surface area (Å²) in [5.74, 6) is 2.95. The Morgan fingerprint density at radius 3 is 2.14 bits per heavy atom. The van der Waals surface area contributed by atoms with Gasteiger partial charge in [0.2, 0.25) is 5.88 Å². The summed E-state index contributed by atoms with van der Waals surface area (Å²) in [7, 11) is 1.35. The average Bonchev–Trinajstić information content (AvgIpc) is 2.75. The van der Waals surface area contributed by atoms with Gasteiger partial charge in [-0.1, -0.05) is 24.3 Å². The third kappa shape index (κ3) is 8.66. The topological polar surface area (TPSA) is 89.9 Å². The second-order valence-electron chi connectivity index (χ2n) is 5.85. The van der Waals surface area contributed by atoms with Crippen LogP contribution in [0.15, 0.2) is 79.0 Å². The second kappa shape index (κ2) is 11.9. The van der Waals surface area contributed by atoms with E-state index in [9.17, 15) is 4.79 Å². The number of para-hydroxylation sites is 1. The van der Waals surface area contributed by atoms with E-state index < -0.39 is 6.09 Å². The molecule has 0 aliphatic carbocycles. The van der Waals surface area contributed by atoms with E-state index >= 15 is 0 Å². The predicted octanol–water partition coefficient (Wildman–Crippen LogP) is 4.60. The molecule has 7 heteroatoms. The molecule has 1 aromatic heterocycles. The van der Waals surface area contributed by atoms with E-state index in [0.717, 1.165) is 17.2 Å². The number of benzene rings is 2. The number of carboxylic acid groups (broad SMARTS) is 1. The maximum Gasteiger partial charge on any atom is 0.404 e. The third-order valence-corrected chi connectivity index (χ3v) is 3.46. The van der Waals surface area contributed by atoms with Gasteiger partial charge in [0.15, 0.2) is 0 Å². The number of hydrogen-bond acceptors (Lipinski definition) is 5. The smallest absolute Gasteiger partial charge is 0.404 e. The zero-order valence-electron chi connectivity index (χ0n) is 16.3. The molecule has 0 spiro atoms. The fraction of sp³-hybridized carbons (Fsp3) is 0.182. The molecule has 0 saturated carbocycles. The van der Waals surface area contributed by atoms with Crippen LogP contribution in [0.5, 0.6) is 23.1 Å². The Labute approximate surface area is 169 Å². The van der Waals surface area contributed by atoms with Crippen molar-refractivity contribution >= 4 is 6.09 Å². The van der Waals surface area contributed by atoms with Gasteiger partial charge in [-0.15, -0.1) is 0 Å². The van der Waals surface area contributed by atoms with Crippen LogP contribution in [0.1, 0.15) is 6.92 Å². The normalized spacial score (nSPS) is 10.7. The molecule has 7 nitrogen and oxygen atoms in total. The number of ether oxygens (including phenoxy) is 3. The molecule has 152 valence electrons. The average molecular weight is 396 g/mol. The number of carbonyl (C=O) groups is 1. The summed E-state index contributed by atoms with van der Waals surface area (Å²) < 4.78 is 17.2. The SMILES string of the molecule is CC(COc1ccc(Oc2ccccc2)cc1)Oc1ccccn1.CNC(=O)O. The van der Waals surface area contributed by atoms with Crippen LogP contribution in [0, 0.1) is 0 Å². The summed E-state index contributed by atoms with van der Waals surface area (Å²) in [5.41, 5.74) is 0. The molecule has 0 radical (unpaired) electrons. The van der Waals surface area contributed by atoms with Crippen LogP contribution in [0.2, 0.25) is 0 Å². The first kappa shape index (κ1) is 21.6. The van der Waals surface area contributed by atoms with E-state index in [2.05, 4.69) is 4.98 Å². The molecular formula is C22H24N2O5. The molecular weight excluding hydrogens is 372 g/mol. The fourth-order valence-electron chi connectivity index (χ4n) is 2.10. The standard InChI is InChI=1S/C20H19NO3.C2H5NO2/c1-16(23-20-9-5-6-14-21-20)15-22-17-10-12-19(13-11-17)24-18-7-3-2-4-8-18;1-3-2(4)5/h2-14,16H,15H2,1H3;3H,1H3,(H,4,5). The van der Waals surface area contributed by atoms with Gasteiger partial charge >= 0.3 is 6.09 Å². The minimum atomic E-state index is -0.995. The Kier molecular flexibility index (Phi) is 8.82. The molecule has 0 aliphatic heterocycles. The number of aromatic nitrogens is 1. The molecule has 1 heterocycles. The van der Waals surface area contributed by atoms with E-state index in [1.807, 2.05) is 85.0 Å². The van der Waals surface area contributed by atoms with Crippen molar-refractivity contribution in [3.8, 4) is 23.1 Å². The minimum absolute atomic E-state index is 0.0971.